The minimum absolute atomic E-state index is 0.0130. The number of amides is 1. The van der Waals surface area contributed by atoms with Gasteiger partial charge in [0.25, 0.3) is 0 Å². The highest BCUT2D eigenvalue weighted by atomic mass is 32.2. The van der Waals surface area contributed by atoms with Crippen LogP contribution in [-0.4, -0.2) is 34.7 Å². The van der Waals surface area contributed by atoms with E-state index in [1.54, 1.807) is 6.26 Å². The van der Waals surface area contributed by atoms with Gasteiger partial charge >= 0.3 is 0 Å². The number of benzene rings is 1. The van der Waals surface area contributed by atoms with Gasteiger partial charge in [0.05, 0.1) is 5.92 Å². The number of hydrogen-bond acceptors (Lipinski definition) is 3. The van der Waals surface area contributed by atoms with Crippen LogP contribution in [0, 0.1) is 0 Å². The zero-order chi connectivity index (χ0) is 13.8. The maximum absolute atomic E-state index is 12.3. The Morgan fingerprint density at radius 2 is 2.26 bits per heavy atom. The van der Waals surface area contributed by atoms with E-state index in [0.717, 1.165) is 24.2 Å². The van der Waals surface area contributed by atoms with Gasteiger partial charge in [-0.1, -0.05) is 18.2 Å². The fourth-order valence-corrected chi connectivity index (χ4v) is 2.54. The minimum atomic E-state index is -0.904. The molecule has 3 unspecified atom stereocenters. The predicted molar refractivity (Wildman–Crippen MR) is 78.8 cm³/mol. The number of anilines is 1. The zero-order valence-electron chi connectivity index (χ0n) is 11.3. The molecular formula is C14H20N2O2S. The lowest BCUT2D eigenvalue weighted by molar-refractivity contribution is -0.122. The summed E-state index contributed by atoms with van der Waals surface area (Å²) in [4.78, 5) is 12.3. The Balaban J connectivity index is 2.03. The second-order valence-electron chi connectivity index (χ2n) is 4.91. The standard InChI is InChI=1S/C14H20N2O2S/c1-10(19(2)18)9-16-14(17)12-7-8-15-13-6-4-3-5-11(12)13/h3-6,10,12,15H,7-9H2,1-2H3,(H,16,17). The minimum Gasteiger partial charge on any atom is -0.385 e. The van der Waals surface area contributed by atoms with E-state index in [0.29, 0.717) is 6.54 Å². The molecule has 0 saturated heterocycles. The Morgan fingerprint density at radius 1 is 1.53 bits per heavy atom. The topological polar surface area (TPSA) is 58.2 Å². The molecule has 0 aliphatic carbocycles. The lowest BCUT2D eigenvalue weighted by atomic mass is 9.90. The smallest absolute Gasteiger partial charge is 0.227 e. The van der Waals surface area contributed by atoms with Crippen LogP contribution in [0.1, 0.15) is 24.8 Å². The molecule has 1 aliphatic heterocycles. The SMILES string of the molecule is CC(CNC(=O)C1CCNc2ccccc21)S(C)=O. The average Bonchev–Trinajstić information content (AvgIpc) is 2.43. The summed E-state index contributed by atoms with van der Waals surface area (Å²) < 4.78 is 11.3. The number of fused-ring (bicyclic) bond motifs is 1. The quantitative estimate of drug-likeness (QED) is 0.878. The second-order valence-corrected chi connectivity index (χ2v) is 6.71. The normalized spacial score (nSPS) is 20.8. The summed E-state index contributed by atoms with van der Waals surface area (Å²) in [6.07, 6.45) is 2.46. The third-order valence-electron chi connectivity index (χ3n) is 3.53. The number of nitrogens with one attached hydrogen (secondary N) is 2. The Bertz CT molecular complexity index is 490. The van der Waals surface area contributed by atoms with Gasteiger partial charge < -0.3 is 10.6 Å². The van der Waals surface area contributed by atoms with Gasteiger partial charge in [0.15, 0.2) is 0 Å². The summed E-state index contributed by atoms with van der Waals surface area (Å²) in [5, 5.41) is 6.20. The van der Waals surface area contributed by atoms with Gasteiger partial charge in [-0.2, -0.15) is 0 Å². The Morgan fingerprint density at radius 3 is 3.00 bits per heavy atom. The third kappa shape index (κ3) is 3.35. The number of carbonyl (C=O) groups is 1. The first kappa shape index (κ1) is 14.1. The van der Waals surface area contributed by atoms with Crippen molar-refractivity contribution in [3.8, 4) is 0 Å². The first-order valence-corrected chi connectivity index (χ1v) is 8.14. The number of rotatable bonds is 4. The molecule has 2 rings (SSSR count). The Labute approximate surface area is 116 Å². The molecule has 3 atom stereocenters. The summed E-state index contributed by atoms with van der Waals surface area (Å²) >= 11 is 0. The fourth-order valence-electron chi connectivity index (χ4n) is 2.23. The lowest BCUT2D eigenvalue weighted by Crippen LogP contribution is -2.37. The van der Waals surface area contributed by atoms with Gasteiger partial charge in [0, 0.05) is 41.1 Å². The molecule has 0 saturated carbocycles. The second kappa shape index (κ2) is 6.19. The van der Waals surface area contributed by atoms with Crippen LogP contribution >= 0.6 is 0 Å². The highest BCUT2D eigenvalue weighted by molar-refractivity contribution is 7.84. The molecule has 1 aliphatic rings. The Hall–Kier alpha value is -1.36. The maximum atomic E-state index is 12.3. The van der Waals surface area contributed by atoms with E-state index in [4.69, 9.17) is 0 Å². The molecule has 19 heavy (non-hydrogen) atoms. The van der Waals surface area contributed by atoms with Crippen LogP contribution in [0.25, 0.3) is 0 Å². The highest BCUT2D eigenvalue weighted by Gasteiger charge is 2.26. The van der Waals surface area contributed by atoms with Gasteiger partial charge in [-0.15, -0.1) is 0 Å². The van der Waals surface area contributed by atoms with Crippen molar-refractivity contribution in [1.29, 1.82) is 0 Å². The fraction of sp³-hybridized carbons (Fsp3) is 0.500. The van der Waals surface area contributed by atoms with E-state index in [1.807, 2.05) is 31.2 Å². The summed E-state index contributed by atoms with van der Waals surface area (Å²) in [7, 11) is -0.904. The molecule has 1 aromatic carbocycles. The monoisotopic (exact) mass is 280 g/mol. The predicted octanol–water partition coefficient (Wildman–Crippen LogP) is 1.47. The number of hydrogen-bond donors (Lipinski definition) is 2. The molecule has 0 fully saturated rings. The van der Waals surface area contributed by atoms with Gasteiger partial charge in [0.2, 0.25) is 5.91 Å². The Kier molecular flexibility index (Phi) is 4.58. The van der Waals surface area contributed by atoms with Crippen molar-refractivity contribution in [2.45, 2.75) is 24.5 Å². The van der Waals surface area contributed by atoms with Crippen LogP contribution in [0.15, 0.2) is 24.3 Å². The van der Waals surface area contributed by atoms with E-state index in [1.165, 1.54) is 0 Å². The molecule has 0 radical (unpaired) electrons. The van der Waals surface area contributed by atoms with E-state index >= 15 is 0 Å². The van der Waals surface area contributed by atoms with E-state index in [2.05, 4.69) is 10.6 Å². The molecule has 104 valence electrons. The summed E-state index contributed by atoms with van der Waals surface area (Å²) in [5.41, 5.74) is 2.09. The number of para-hydroxylation sites is 1. The molecule has 1 amide bonds. The lowest BCUT2D eigenvalue weighted by Gasteiger charge is -2.26. The van der Waals surface area contributed by atoms with Gasteiger partial charge in [-0.05, 0) is 25.0 Å². The van der Waals surface area contributed by atoms with Crippen LogP contribution in [0.4, 0.5) is 5.69 Å². The van der Waals surface area contributed by atoms with E-state index < -0.39 is 10.8 Å². The van der Waals surface area contributed by atoms with E-state index in [-0.39, 0.29) is 17.1 Å². The van der Waals surface area contributed by atoms with Gasteiger partial charge in [0.1, 0.15) is 0 Å². The van der Waals surface area contributed by atoms with Crippen molar-refractivity contribution < 1.29 is 9.00 Å². The van der Waals surface area contributed by atoms with Crippen LogP contribution in [-0.2, 0) is 15.6 Å². The molecule has 0 spiro atoms. The molecule has 1 heterocycles. The van der Waals surface area contributed by atoms with Crippen molar-refractivity contribution in [1.82, 2.24) is 5.32 Å². The average molecular weight is 280 g/mol. The van der Waals surface area contributed by atoms with Crippen LogP contribution < -0.4 is 10.6 Å². The van der Waals surface area contributed by atoms with Crippen LogP contribution in [0.5, 0.6) is 0 Å². The zero-order valence-corrected chi connectivity index (χ0v) is 12.1. The summed E-state index contributed by atoms with van der Waals surface area (Å²) in [6, 6.07) is 7.91. The first-order valence-electron chi connectivity index (χ1n) is 6.52. The third-order valence-corrected chi connectivity index (χ3v) is 4.83. The molecule has 2 N–H and O–H groups in total. The number of carbonyl (C=O) groups excluding carboxylic acids is 1. The molecule has 1 aromatic rings. The van der Waals surface area contributed by atoms with E-state index in [9.17, 15) is 9.00 Å². The van der Waals surface area contributed by atoms with Crippen molar-refractivity contribution in [2.24, 2.45) is 0 Å². The van der Waals surface area contributed by atoms with Crippen LogP contribution in [0.2, 0.25) is 0 Å². The first-order chi connectivity index (χ1) is 9.09. The molecular weight excluding hydrogens is 260 g/mol. The van der Waals surface area contributed by atoms with Crippen LogP contribution in [0.3, 0.4) is 0 Å². The van der Waals surface area contributed by atoms with Crippen molar-refractivity contribution in [3.63, 3.8) is 0 Å². The largest absolute Gasteiger partial charge is 0.385 e. The van der Waals surface area contributed by atoms with Crippen molar-refractivity contribution in [2.75, 3.05) is 24.7 Å². The maximum Gasteiger partial charge on any atom is 0.227 e. The van der Waals surface area contributed by atoms with Gasteiger partial charge in [-0.25, -0.2) is 0 Å². The van der Waals surface area contributed by atoms with Gasteiger partial charge in [-0.3, -0.25) is 9.00 Å². The molecule has 4 nitrogen and oxygen atoms in total. The highest BCUT2D eigenvalue weighted by Crippen LogP contribution is 2.31. The molecule has 0 bridgehead atoms. The van der Waals surface area contributed by atoms with Crippen molar-refractivity contribution >= 4 is 22.4 Å². The molecule has 5 heteroatoms. The van der Waals surface area contributed by atoms with Crippen molar-refractivity contribution in [3.05, 3.63) is 29.8 Å². The summed E-state index contributed by atoms with van der Waals surface area (Å²) in [5.74, 6) is -0.0683. The molecule has 0 aromatic heterocycles. The summed E-state index contributed by atoms with van der Waals surface area (Å²) in [6.45, 7) is 3.16.